The quantitative estimate of drug-likeness (QED) is 0.736. The van der Waals surface area contributed by atoms with Gasteiger partial charge in [0.1, 0.15) is 0 Å². The summed E-state index contributed by atoms with van der Waals surface area (Å²) in [5.74, 6) is 0. The van der Waals surface area contributed by atoms with Crippen molar-refractivity contribution in [3.8, 4) is 0 Å². The van der Waals surface area contributed by atoms with Gasteiger partial charge in [-0.15, -0.1) is 0 Å². The Morgan fingerprint density at radius 2 is 2.13 bits per heavy atom. The highest BCUT2D eigenvalue weighted by molar-refractivity contribution is 5.58. The Balaban J connectivity index is 1.90. The highest BCUT2D eigenvalue weighted by Crippen LogP contribution is 2.31. The maximum absolute atomic E-state index is 9.81. The van der Waals surface area contributed by atoms with E-state index in [9.17, 15) is 5.11 Å². The molecule has 0 aliphatic carbocycles. The van der Waals surface area contributed by atoms with Crippen molar-refractivity contribution < 1.29 is 9.84 Å². The first-order valence-corrected chi connectivity index (χ1v) is 5.46. The third-order valence-corrected chi connectivity index (χ3v) is 3.34. The Kier molecular flexibility index (Phi) is 2.15. The van der Waals surface area contributed by atoms with Crippen molar-refractivity contribution in [3.05, 3.63) is 29.8 Å². The Morgan fingerprint density at radius 3 is 2.93 bits per heavy atom. The smallest absolute Gasteiger partial charge is 0.0998 e. The van der Waals surface area contributed by atoms with Crippen LogP contribution >= 0.6 is 0 Å². The zero-order valence-electron chi connectivity index (χ0n) is 8.60. The molecule has 0 spiro atoms. The summed E-state index contributed by atoms with van der Waals surface area (Å²) < 4.78 is 5.31. The van der Waals surface area contributed by atoms with E-state index in [2.05, 4.69) is 29.2 Å². The van der Waals surface area contributed by atoms with E-state index in [-0.39, 0.29) is 12.1 Å². The summed E-state index contributed by atoms with van der Waals surface area (Å²) in [6, 6.07) is 8.57. The molecule has 0 radical (unpaired) electrons. The maximum atomic E-state index is 9.81. The third-order valence-electron chi connectivity index (χ3n) is 3.34. The highest BCUT2D eigenvalue weighted by Gasteiger charge is 2.34. The molecule has 0 bridgehead atoms. The molecule has 1 aromatic rings. The van der Waals surface area contributed by atoms with Gasteiger partial charge in [-0.3, -0.25) is 0 Å². The topological polar surface area (TPSA) is 32.7 Å². The van der Waals surface area contributed by atoms with Crippen molar-refractivity contribution in [1.29, 1.82) is 0 Å². The fourth-order valence-corrected chi connectivity index (χ4v) is 2.54. The number of aliphatic hydroxyl groups excluding tert-OH is 1. The summed E-state index contributed by atoms with van der Waals surface area (Å²) in [5.41, 5.74) is 2.66. The highest BCUT2D eigenvalue weighted by atomic mass is 16.5. The van der Waals surface area contributed by atoms with Crippen LogP contribution in [0.2, 0.25) is 0 Å². The van der Waals surface area contributed by atoms with Gasteiger partial charge in [-0.1, -0.05) is 18.2 Å². The number of nitrogens with zero attached hydrogens (tertiary/aromatic N) is 1. The molecule has 15 heavy (non-hydrogen) atoms. The molecule has 2 aliphatic heterocycles. The summed E-state index contributed by atoms with van der Waals surface area (Å²) in [4.78, 5) is 2.28. The lowest BCUT2D eigenvalue weighted by Gasteiger charge is -2.27. The second-order valence-corrected chi connectivity index (χ2v) is 4.24. The molecule has 3 rings (SSSR count). The van der Waals surface area contributed by atoms with Gasteiger partial charge in [-0.25, -0.2) is 0 Å². The predicted molar refractivity (Wildman–Crippen MR) is 58.1 cm³/mol. The first kappa shape index (κ1) is 9.19. The minimum atomic E-state index is -0.337. The van der Waals surface area contributed by atoms with Gasteiger partial charge in [0.25, 0.3) is 0 Å². The average molecular weight is 205 g/mol. The SMILES string of the molecule is O[C@@H]1COC[C@@H]1N1CCc2ccccc21. The van der Waals surface area contributed by atoms with Crippen molar-refractivity contribution in [3.63, 3.8) is 0 Å². The van der Waals surface area contributed by atoms with E-state index < -0.39 is 0 Å². The Labute approximate surface area is 89.3 Å². The molecule has 2 heterocycles. The molecule has 3 nitrogen and oxygen atoms in total. The molecule has 1 saturated heterocycles. The van der Waals surface area contributed by atoms with Crippen LogP contribution in [0.4, 0.5) is 5.69 Å². The molecule has 1 aromatic carbocycles. The number of benzene rings is 1. The van der Waals surface area contributed by atoms with Crippen molar-refractivity contribution in [2.45, 2.75) is 18.6 Å². The minimum absolute atomic E-state index is 0.147. The van der Waals surface area contributed by atoms with Crippen molar-refractivity contribution in [2.75, 3.05) is 24.7 Å². The second kappa shape index (κ2) is 3.51. The molecule has 3 heteroatoms. The predicted octanol–water partition coefficient (Wildman–Crippen LogP) is 0.809. The van der Waals surface area contributed by atoms with Gasteiger partial charge in [0.15, 0.2) is 0 Å². The van der Waals surface area contributed by atoms with E-state index in [1.54, 1.807) is 0 Å². The van der Waals surface area contributed by atoms with E-state index in [0.717, 1.165) is 13.0 Å². The summed E-state index contributed by atoms with van der Waals surface area (Å²) in [7, 11) is 0. The number of para-hydroxylation sites is 1. The standard InChI is InChI=1S/C12H15NO2/c14-12-8-15-7-11(12)13-6-5-9-3-1-2-4-10(9)13/h1-4,11-12,14H,5-8H2/t11-,12+/m0/s1. The van der Waals surface area contributed by atoms with Crippen LogP contribution in [0, 0.1) is 0 Å². The van der Waals surface area contributed by atoms with E-state index in [4.69, 9.17) is 4.74 Å². The molecule has 0 aromatic heterocycles. The van der Waals surface area contributed by atoms with Crippen LogP contribution in [0.5, 0.6) is 0 Å². The lowest BCUT2D eigenvalue weighted by atomic mass is 10.1. The fourth-order valence-electron chi connectivity index (χ4n) is 2.54. The second-order valence-electron chi connectivity index (χ2n) is 4.24. The van der Waals surface area contributed by atoms with Gasteiger partial charge < -0.3 is 14.7 Å². The molecule has 2 atom stereocenters. The number of fused-ring (bicyclic) bond motifs is 1. The van der Waals surface area contributed by atoms with Crippen molar-refractivity contribution in [2.24, 2.45) is 0 Å². The number of hydrogen-bond donors (Lipinski definition) is 1. The lowest BCUT2D eigenvalue weighted by molar-refractivity contribution is 0.124. The van der Waals surface area contributed by atoms with E-state index >= 15 is 0 Å². The molecule has 80 valence electrons. The lowest BCUT2D eigenvalue weighted by Crippen LogP contribution is -2.42. The zero-order chi connectivity index (χ0) is 10.3. The first-order valence-electron chi connectivity index (χ1n) is 5.46. The largest absolute Gasteiger partial charge is 0.388 e. The van der Waals surface area contributed by atoms with Crippen LogP contribution in [-0.2, 0) is 11.2 Å². The summed E-state index contributed by atoms with van der Waals surface area (Å²) >= 11 is 0. The van der Waals surface area contributed by atoms with Gasteiger partial charge in [-0.05, 0) is 18.1 Å². The van der Waals surface area contributed by atoms with Crippen LogP contribution in [-0.4, -0.2) is 37.0 Å². The summed E-state index contributed by atoms with van der Waals surface area (Å²) in [6.45, 7) is 2.13. The molecule has 0 amide bonds. The van der Waals surface area contributed by atoms with Gasteiger partial charge >= 0.3 is 0 Å². The van der Waals surface area contributed by atoms with Crippen LogP contribution in [0.1, 0.15) is 5.56 Å². The van der Waals surface area contributed by atoms with Crippen LogP contribution in [0.25, 0.3) is 0 Å². The van der Waals surface area contributed by atoms with Gasteiger partial charge in [0.2, 0.25) is 0 Å². The van der Waals surface area contributed by atoms with Crippen molar-refractivity contribution >= 4 is 5.69 Å². The number of aliphatic hydroxyl groups is 1. The van der Waals surface area contributed by atoms with Crippen LogP contribution < -0.4 is 4.90 Å². The Bertz CT molecular complexity index is 366. The molecule has 1 fully saturated rings. The fraction of sp³-hybridized carbons (Fsp3) is 0.500. The molecule has 1 N–H and O–H groups in total. The number of hydrogen-bond acceptors (Lipinski definition) is 3. The van der Waals surface area contributed by atoms with Gasteiger partial charge in [0.05, 0.1) is 25.4 Å². The van der Waals surface area contributed by atoms with Gasteiger partial charge in [-0.2, -0.15) is 0 Å². The summed E-state index contributed by atoms with van der Waals surface area (Å²) in [6.07, 6.45) is 0.746. The zero-order valence-corrected chi connectivity index (χ0v) is 8.60. The third kappa shape index (κ3) is 1.43. The first-order chi connectivity index (χ1) is 7.36. The number of ether oxygens (including phenoxy) is 1. The van der Waals surface area contributed by atoms with E-state index in [1.807, 2.05) is 0 Å². The Morgan fingerprint density at radius 1 is 1.27 bits per heavy atom. The van der Waals surface area contributed by atoms with Gasteiger partial charge in [0, 0.05) is 12.2 Å². The molecule has 2 aliphatic rings. The number of rotatable bonds is 1. The Hall–Kier alpha value is -1.06. The maximum Gasteiger partial charge on any atom is 0.0998 e. The number of anilines is 1. The molecule has 0 saturated carbocycles. The van der Waals surface area contributed by atoms with Crippen LogP contribution in [0.15, 0.2) is 24.3 Å². The average Bonchev–Trinajstić information content (AvgIpc) is 2.83. The van der Waals surface area contributed by atoms with Crippen molar-refractivity contribution in [1.82, 2.24) is 0 Å². The monoisotopic (exact) mass is 205 g/mol. The molecular weight excluding hydrogens is 190 g/mol. The summed E-state index contributed by atoms with van der Waals surface area (Å²) in [5, 5.41) is 9.81. The van der Waals surface area contributed by atoms with Crippen LogP contribution in [0.3, 0.4) is 0 Å². The van der Waals surface area contributed by atoms with E-state index in [1.165, 1.54) is 11.3 Å². The minimum Gasteiger partial charge on any atom is -0.388 e. The molecule has 0 unspecified atom stereocenters. The molecular formula is C12H15NO2. The normalized spacial score (nSPS) is 29.5. The van der Waals surface area contributed by atoms with E-state index in [0.29, 0.717) is 13.2 Å².